The number of hydrogen-bond donors (Lipinski definition) is 1. The number of hydrogen-bond acceptors (Lipinski definition) is 8. The molecular weight excluding hydrogens is 535 g/mol. The van der Waals surface area contributed by atoms with Gasteiger partial charge in [-0.15, -0.1) is 0 Å². The lowest BCUT2D eigenvalue weighted by molar-refractivity contribution is -0.143. The molecular formula is C27H24Cl2N2O7. The number of esters is 2. The Kier molecular flexibility index (Phi) is 9.70. The lowest BCUT2D eigenvalue weighted by Gasteiger charge is -2.29. The largest absolute Gasteiger partial charge is 0.497 e. The summed E-state index contributed by atoms with van der Waals surface area (Å²) in [5.74, 6) is -2.09. The molecule has 11 heteroatoms. The van der Waals surface area contributed by atoms with Gasteiger partial charge in [0.15, 0.2) is 0 Å². The zero-order valence-corrected chi connectivity index (χ0v) is 22.3. The average molecular weight is 559 g/mol. The zero-order valence-electron chi connectivity index (χ0n) is 20.7. The second-order valence-electron chi connectivity index (χ2n) is 7.87. The molecule has 38 heavy (non-hydrogen) atoms. The van der Waals surface area contributed by atoms with Crippen LogP contribution in [-0.4, -0.2) is 50.0 Å². The molecule has 0 radical (unpaired) electrons. The van der Waals surface area contributed by atoms with Crippen LogP contribution in [-0.2, 0) is 35.2 Å². The van der Waals surface area contributed by atoms with Crippen LogP contribution < -0.4 is 10.1 Å². The fourth-order valence-electron chi connectivity index (χ4n) is 3.51. The van der Waals surface area contributed by atoms with Gasteiger partial charge in [-0.05, 0) is 42.0 Å². The lowest BCUT2D eigenvalue weighted by Crippen LogP contribution is -2.42. The second kappa shape index (κ2) is 12.9. The van der Waals surface area contributed by atoms with Crippen LogP contribution in [0.3, 0.4) is 0 Å². The number of anilines is 1. The van der Waals surface area contributed by atoms with Crippen molar-refractivity contribution in [1.29, 1.82) is 0 Å². The van der Waals surface area contributed by atoms with Crippen molar-refractivity contribution in [1.82, 2.24) is 4.90 Å². The summed E-state index contributed by atoms with van der Waals surface area (Å²) in [6.45, 7) is -0.0231. The highest BCUT2D eigenvalue weighted by Crippen LogP contribution is 2.34. The smallest absolute Gasteiger partial charge is 0.337 e. The van der Waals surface area contributed by atoms with Crippen LogP contribution in [0.25, 0.3) is 0 Å². The van der Waals surface area contributed by atoms with Gasteiger partial charge in [-0.3, -0.25) is 14.5 Å². The Morgan fingerprint density at radius 1 is 0.974 bits per heavy atom. The van der Waals surface area contributed by atoms with E-state index in [0.717, 1.165) is 24.2 Å². The van der Waals surface area contributed by atoms with Crippen molar-refractivity contribution in [2.45, 2.75) is 13.0 Å². The number of nitrogens with zero attached hydrogens (tertiary/aromatic N) is 1. The highest BCUT2D eigenvalue weighted by Gasteiger charge is 2.33. The summed E-state index contributed by atoms with van der Waals surface area (Å²) in [6, 6.07) is 11.7. The second-order valence-corrected chi connectivity index (χ2v) is 8.69. The first-order chi connectivity index (χ1) is 18.2. The minimum Gasteiger partial charge on any atom is -0.497 e. The first-order valence-electron chi connectivity index (χ1n) is 11.2. The molecule has 1 heterocycles. The zero-order chi connectivity index (χ0) is 27.8. The molecule has 0 aromatic heterocycles. The summed E-state index contributed by atoms with van der Waals surface area (Å²) in [5, 5.41) is 3.50. The first-order valence-corrected chi connectivity index (χ1v) is 11.9. The summed E-state index contributed by atoms with van der Waals surface area (Å²) in [5.41, 5.74) is 0.966. The average Bonchev–Trinajstić information content (AvgIpc) is 2.92. The third-order valence-corrected chi connectivity index (χ3v) is 6.12. The molecule has 2 amide bonds. The van der Waals surface area contributed by atoms with E-state index in [1.807, 2.05) is 0 Å². The third-order valence-electron chi connectivity index (χ3n) is 5.49. The molecule has 2 aromatic rings. The van der Waals surface area contributed by atoms with E-state index in [9.17, 15) is 19.2 Å². The maximum atomic E-state index is 13.7. The molecule has 0 fully saturated rings. The van der Waals surface area contributed by atoms with E-state index < -0.39 is 23.8 Å². The summed E-state index contributed by atoms with van der Waals surface area (Å²) >= 11 is 12.6. The summed E-state index contributed by atoms with van der Waals surface area (Å²) in [4.78, 5) is 52.0. The van der Waals surface area contributed by atoms with Crippen molar-refractivity contribution in [2.24, 2.45) is 0 Å². The van der Waals surface area contributed by atoms with Gasteiger partial charge in [0, 0.05) is 11.8 Å². The van der Waals surface area contributed by atoms with Crippen molar-refractivity contribution < 1.29 is 33.4 Å². The van der Waals surface area contributed by atoms with Gasteiger partial charge in [-0.25, -0.2) is 9.59 Å². The molecule has 198 valence electrons. The molecule has 0 unspecified atom stereocenters. The minimum absolute atomic E-state index is 0.0231. The lowest BCUT2D eigenvalue weighted by atomic mass is 9.99. The van der Waals surface area contributed by atoms with E-state index in [1.54, 1.807) is 42.5 Å². The quantitative estimate of drug-likeness (QED) is 0.208. The van der Waals surface area contributed by atoms with Gasteiger partial charge in [0.25, 0.3) is 5.91 Å². The fourth-order valence-corrected chi connectivity index (χ4v) is 4.00. The van der Waals surface area contributed by atoms with E-state index in [-0.39, 0.29) is 45.5 Å². The molecule has 0 atom stereocenters. The van der Waals surface area contributed by atoms with Crippen LogP contribution in [0.1, 0.15) is 12.0 Å². The number of ether oxygens (including phenoxy) is 3. The fraction of sp³-hybridized carbons (Fsp3) is 0.185. The molecule has 0 saturated carbocycles. The Bertz CT molecular complexity index is 1330. The topological polar surface area (TPSA) is 111 Å². The first kappa shape index (κ1) is 28.5. The molecule has 0 aliphatic carbocycles. The van der Waals surface area contributed by atoms with E-state index >= 15 is 0 Å². The monoisotopic (exact) mass is 558 g/mol. The van der Waals surface area contributed by atoms with Crippen molar-refractivity contribution in [3.05, 3.63) is 93.1 Å². The molecule has 2 aromatic carbocycles. The van der Waals surface area contributed by atoms with Gasteiger partial charge in [-0.2, -0.15) is 0 Å². The summed E-state index contributed by atoms with van der Waals surface area (Å²) in [7, 11) is 3.87. The SMILES string of the molecule is COC(=O)/C=C/C(=C/C1=C(Nc2c(Cl)cccc2Cl)CC(=O)N(Cc2ccc(OC)cc2)C1=O)C(=O)OC. The Morgan fingerprint density at radius 2 is 1.63 bits per heavy atom. The van der Waals surface area contributed by atoms with Crippen LogP contribution in [0.15, 0.2) is 77.5 Å². The number of nitrogens with one attached hydrogen (secondary N) is 1. The van der Waals surface area contributed by atoms with Gasteiger partial charge in [0.05, 0.1) is 61.2 Å². The van der Waals surface area contributed by atoms with Gasteiger partial charge in [-0.1, -0.05) is 41.4 Å². The van der Waals surface area contributed by atoms with E-state index in [4.69, 9.17) is 32.7 Å². The molecule has 0 spiro atoms. The van der Waals surface area contributed by atoms with Gasteiger partial charge >= 0.3 is 11.9 Å². The summed E-state index contributed by atoms with van der Waals surface area (Å²) < 4.78 is 14.5. The van der Waals surface area contributed by atoms with Gasteiger partial charge in [0.2, 0.25) is 5.91 Å². The number of methoxy groups -OCH3 is 3. The standard InChI is InChI=1S/C27H24Cl2N2O7/c1-36-18-10-7-16(8-11-18)15-31-23(32)14-22(30-25-20(28)5-4-6-21(25)29)19(26(31)34)13-17(27(35)38-3)9-12-24(33)37-2/h4-13,30H,14-15H2,1-3H3/b12-9+,17-13-. The number of carbonyl (C=O) groups excluding carboxylic acids is 4. The molecule has 1 aliphatic heterocycles. The maximum absolute atomic E-state index is 13.7. The van der Waals surface area contributed by atoms with Gasteiger partial charge in [0.1, 0.15) is 5.75 Å². The number of carbonyl (C=O) groups is 4. The number of halogens is 2. The number of benzene rings is 2. The number of amides is 2. The van der Waals surface area contributed by atoms with Crippen molar-refractivity contribution in [3.8, 4) is 5.75 Å². The number of para-hydroxylation sites is 1. The molecule has 3 rings (SSSR count). The molecule has 0 bridgehead atoms. The van der Waals surface area contributed by atoms with Crippen LogP contribution in [0.2, 0.25) is 10.0 Å². The highest BCUT2D eigenvalue weighted by molar-refractivity contribution is 6.39. The minimum atomic E-state index is -0.820. The Hall–Kier alpha value is -4.08. The third kappa shape index (κ3) is 6.81. The molecule has 1 N–H and O–H groups in total. The van der Waals surface area contributed by atoms with Gasteiger partial charge < -0.3 is 19.5 Å². The molecule has 9 nitrogen and oxygen atoms in total. The Morgan fingerprint density at radius 3 is 2.21 bits per heavy atom. The van der Waals surface area contributed by atoms with E-state index in [2.05, 4.69) is 10.1 Å². The Balaban J connectivity index is 2.11. The number of imide groups is 1. The van der Waals surface area contributed by atoms with Crippen LogP contribution >= 0.6 is 23.2 Å². The van der Waals surface area contributed by atoms with Crippen LogP contribution in [0, 0.1) is 0 Å². The van der Waals surface area contributed by atoms with Crippen molar-refractivity contribution >= 4 is 52.6 Å². The Labute approximate surface area is 229 Å². The normalized spacial score (nSPS) is 14.1. The molecule has 0 saturated heterocycles. The predicted octanol–water partition coefficient (Wildman–Crippen LogP) is 4.46. The highest BCUT2D eigenvalue weighted by atomic mass is 35.5. The van der Waals surface area contributed by atoms with Crippen LogP contribution in [0.5, 0.6) is 5.75 Å². The summed E-state index contributed by atoms with van der Waals surface area (Å²) in [6.07, 6.45) is 3.16. The molecule has 1 aliphatic rings. The predicted molar refractivity (Wildman–Crippen MR) is 142 cm³/mol. The van der Waals surface area contributed by atoms with E-state index in [1.165, 1.54) is 20.3 Å². The van der Waals surface area contributed by atoms with Crippen molar-refractivity contribution in [2.75, 3.05) is 26.6 Å². The van der Waals surface area contributed by atoms with Crippen molar-refractivity contribution in [3.63, 3.8) is 0 Å². The van der Waals surface area contributed by atoms with Crippen LogP contribution in [0.4, 0.5) is 5.69 Å². The maximum Gasteiger partial charge on any atom is 0.337 e. The number of rotatable bonds is 9. The van der Waals surface area contributed by atoms with E-state index in [0.29, 0.717) is 11.3 Å².